The second-order valence-electron chi connectivity index (χ2n) is 2.92. The lowest BCUT2D eigenvalue weighted by Gasteiger charge is -2.01. The standard InChI is InChI=1S/C8H12N2S2/c9-3-8-10-4-7(12-8)6-1-2-11-5-6/h4,6H,1-3,5,9H2. The van der Waals surface area contributed by atoms with E-state index in [2.05, 4.69) is 4.98 Å². The van der Waals surface area contributed by atoms with Crippen LogP contribution in [0, 0.1) is 0 Å². The maximum absolute atomic E-state index is 5.50. The summed E-state index contributed by atoms with van der Waals surface area (Å²) < 4.78 is 0. The van der Waals surface area contributed by atoms with Gasteiger partial charge in [-0.15, -0.1) is 11.3 Å². The van der Waals surface area contributed by atoms with E-state index in [0.29, 0.717) is 6.54 Å². The van der Waals surface area contributed by atoms with Crippen LogP contribution >= 0.6 is 23.1 Å². The van der Waals surface area contributed by atoms with Gasteiger partial charge in [0.25, 0.3) is 0 Å². The van der Waals surface area contributed by atoms with Crippen LogP contribution in [0.2, 0.25) is 0 Å². The predicted octanol–water partition coefficient (Wildman–Crippen LogP) is 1.82. The van der Waals surface area contributed by atoms with Crippen LogP contribution in [-0.2, 0) is 6.54 Å². The van der Waals surface area contributed by atoms with Gasteiger partial charge in [0.15, 0.2) is 0 Å². The summed E-state index contributed by atoms with van der Waals surface area (Å²) in [6, 6.07) is 0. The minimum Gasteiger partial charge on any atom is -0.325 e. The summed E-state index contributed by atoms with van der Waals surface area (Å²) in [5, 5.41) is 1.07. The topological polar surface area (TPSA) is 38.9 Å². The summed E-state index contributed by atoms with van der Waals surface area (Å²) in [5.74, 6) is 3.33. The van der Waals surface area contributed by atoms with E-state index in [4.69, 9.17) is 5.73 Å². The smallest absolute Gasteiger partial charge is 0.106 e. The van der Waals surface area contributed by atoms with Crippen molar-refractivity contribution in [3.8, 4) is 0 Å². The van der Waals surface area contributed by atoms with Crippen LogP contribution in [0.15, 0.2) is 6.20 Å². The molecule has 0 bridgehead atoms. The van der Waals surface area contributed by atoms with E-state index in [1.165, 1.54) is 22.8 Å². The third-order valence-corrected chi connectivity index (χ3v) is 4.42. The fourth-order valence-electron chi connectivity index (χ4n) is 1.37. The average molecular weight is 200 g/mol. The molecular formula is C8H12N2S2. The number of thiazole rings is 1. The molecule has 0 saturated carbocycles. The highest BCUT2D eigenvalue weighted by Crippen LogP contribution is 2.34. The van der Waals surface area contributed by atoms with Gasteiger partial charge in [-0.3, -0.25) is 0 Å². The van der Waals surface area contributed by atoms with Gasteiger partial charge in [-0.2, -0.15) is 11.8 Å². The molecule has 12 heavy (non-hydrogen) atoms. The zero-order chi connectivity index (χ0) is 8.39. The fourth-order valence-corrected chi connectivity index (χ4v) is 3.65. The minimum absolute atomic E-state index is 0.588. The zero-order valence-electron chi connectivity index (χ0n) is 6.82. The number of nitrogens with two attached hydrogens (primary N) is 1. The van der Waals surface area contributed by atoms with Gasteiger partial charge in [0.2, 0.25) is 0 Å². The van der Waals surface area contributed by atoms with Crippen LogP contribution < -0.4 is 5.73 Å². The molecule has 1 aliphatic rings. The molecule has 2 heterocycles. The first-order valence-electron chi connectivity index (χ1n) is 4.12. The van der Waals surface area contributed by atoms with Crippen molar-refractivity contribution in [2.75, 3.05) is 11.5 Å². The number of aromatic nitrogens is 1. The Kier molecular flexibility index (Phi) is 2.68. The molecule has 4 heteroatoms. The molecule has 2 nitrogen and oxygen atoms in total. The maximum atomic E-state index is 5.50. The Labute approximate surface area is 80.6 Å². The lowest BCUT2D eigenvalue weighted by Crippen LogP contribution is -1.93. The molecule has 0 radical (unpaired) electrons. The Bertz CT molecular complexity index is 253. The van der Waals surface area contributed by atoms with Gasteiger partial charge in [0.05, 0.1) is 0 Å². The van der Waals surface area contributed by atoms with Crippen LogP contribution in [0.5, 0.6) is 0 Å². The second kappa shape index (κ2) is 3.77. The molecule has 1 aromatic heterocycles. The Balaban J connectivity index is 2.11. The molecule has 0 amide bonds. The normalized spacial score (nSPS) is 23.2. The summed E-state index contributed by atoms with van der Waals surface area (Å²) in [6.07, 6.45) is 3.32. The lowest BCUT2D eigenvalue weighted by atomic mass is 10.1. The van der Waals surface area contributed by atoms with Crippen molar-refractivity contribution in [3.63, 3.8) is 0 Å². The molecule has 1 aromatic rings. The van der Waals surface area contributed by atoms with Gasteiger partial charge in [0.1, 0.15) is 5.01 Å². The number of hydrogen-bond acceptors (Lipinski definition) is 4. The van der Waals surface area contributed by atoms with E-state index in [0.717, 1.165) is 10.9 Å². The van der Waals surface area contributed by atoms with Gasteiger partial charge in [-0.1, -0.05) is 0 Å². The Morgan fingerprint density at radius 2 is 2.58 bits per heavy atom. The minimum atomic E-state index is 0.588. The van der Waals surface area contributed by atoms with E-state index >= 15 is 0 Å². The van der Waals surface area contributed by atoms with Crippen molar-refractivity contribution >= 4 is 23.1 Å². The molecule has 1 saturated heterocycles. The first-order chi connectivity index (χ1) is 5.90. The van der Waals surface area contributed by atoms with E-state index in [1.54, 1.807) is 11.3 Å². The van der Waals surface area contributed by atoms with Crippen molar-refractivity contribution in [2.24, 2.45) is 5.73 Å². The molecule has 2 rings (SSSR count). The molecule has 1 fully saturated rings. The highest BCUT2D eigenvalue weighted by atomic mass is 32.2. The van der Waals surface area contributed by atoms with Crippen LogP contribution in [0.25, 0.3) is 0 Å². The van der Waals surface area contributed by atoms with Crippen molar-refractivity contribution in [1.29, 1.82) is 0 Å². The molecule has 0 aromatic carbocycles. The zero-order valence-corrected chi connectivity index (χ0v) is 8.46. The van der Waals surface area contributed by atoms with E-state index in [9.17, 15) is 0 Å². The van der Waals surface area contributed by atoms with E-state index in [1.807, 2.05) is 18.0 Å². The average Bonchev–Trinajstić information content (AvgIpc) is 2.75. The Hall–Kier alpha value is -0.0600. The third-order valence-electron chi connectivity index (χ3n) is 2.08. The molecule has 1 aliphatic heterocycles. The van der Waals surface area contributed by atoms with E-state index in [-0.39, 0.29) is 0 Å². The molecule has 0 aliphatic carbocycles. The van der Waals surface area contributed by atoms with Crippen LogP contribution in [-0.4, -0.2) is 16.5 Å². The van der Waals surface area contributed by atoms with Crippen molar-refractivity contribution in [1.82, 2.24) is 4.98 Å². The monoisotopic (exact) mass is 200 g/mol. The number of rotatable bonds is 2. The number of hydrogen-bond donors (Lipinski definition) is 1. The molecule has 0 spiro atoms. The van der Waals surface area contributed by atoms with Crippen LogP contribution in [0.1, 0.15) is 22.2 Å². The first-order valence-corrected chi connectivity index (χ1v) is 6.09. The van der Waals surface area contributed by atoms with Crippen LogP contribution in [0.4, 0.5) is 0 Å². The largest absolute Gasteiger partial charge is 0.325 e. The third kappa shape index (κ3) is 1.65. The van der Waals surface area contributed by atoms with Crippen molar-refractivity contribution < 1.29 is 0 Å². The summed E-state index contributed by atoms with van der Waals surface area (Å²) in [7, 11) is 0. The van der Waals surface area contributed by atoms with Gasteiger partial charge in [0, 0.05) is 29.3 Å². The Morgan fingerprint density at radius 3 is 3.17 bits per heavy atom. The van der Waals surface area contributed by atoms with Crippen molar-refractivity contribution in [2.45, 2.75) is 18.9 Å². The number of thioether (sulfide) groups is 1. The Morgan fingerprint density at radius 1 is 1.67 bits per heavy atom. The summed E-state index contributed by atoms with van der Waals surface area (Å²) >= 11 is 3.82. The SMILES string of the molecule is NCc1ncc(C2CCSC2)s1. The van der Waals surface area contributed by atoms with Crippen molar-refractivity contribution in [3.05, 3.63) is 16.1 Å². The van der Waals surface area contributed by atoms with Gasteiger partial charge >= 0.3 is 0 Å². The second-order valence-corrected chi connectivity index (χ2v) is 5.22. The van der Waals surface area contributed by atoms with Gasteiger partial charge in [-0.25, -0.2) is 4.98 Å². The molecule has 2 N–H and O–H groups in total. The highest BCUT2D eigenvalue weighted by molar-refractivity contribution is 7.99. The summed E-state index contributed by atoms with van der Waals surface area (Å²) in [6.45, 7) is 0.588. The molecular weight excluding hydrogens is 188 g/mol. The fraction of sp³-hybridized carbons (Fsp3) is 0.625. The predicted molar refractivity (Wildman–Crippen MR) is 54.7 cm³/mol. The van der Waals surface area contributed by atoms with E-state index < -0.39 is 0 Å². The van der Waals surface area contributed by atoms with Gasteiger partial charge in [-0.05, 0) is 12.2 Å². The highest BCUT2D eigenvalue weighted by Gasteiger charge is 2.19. The molecule has 1 atom stereocenters. The summed E-state index contributed by atoms with van der Waals surface area (Å²) in [4.78, 5) is 5.69. The maximum Gasteiger partial charge on any atom is 0.106 e. The van der Waals surface area contributed by atoms with Gasteiger partial charge < -0.3 is 5.73 Å². The summed E-state index contributed by atoms with van der Waals surface area (Å²) in [5.41, 5.74) is 5.50. The number of nitrogens with zero attached hydrogens (tertiary/aromatic N) is 1. The quantitative estimate of drug-likeness (QED) is 0.791. The first kappa shape index (κ1) is 8.53. The molecule has 1 unspecified atom stereocenters. The van der Waals surface area contributed by atoms with Crippen LogP contribution in [0.3, 0.4) is 0 Å². The lowest BCUT2D eigenvalue weighted by molar-refractivity contribution is 0.796. The molecule has 66 valence electrons.